The van der Waals surface area contributed by atoms with E-state index in [2.05, 4.69) is 16.4 Å². The third kappa shape index (κ3) is 3.13. The number of hydrogen-bond donors (Lipinski definition) is 2. The van der Waals surface area contributed by atoms with Crippen LogP contribution in [0, 0.1) is 11.3 Å². The molecular formula is C14H14N4O. The number of benzene rings is 1. The van der Waals surface area contributed by atoms with E-state index in [4.69, 9.17) is 15.7 Å². The van der Waals surface area contributed by atoms with Crippen molar-refractivity contribution in [2.75, 3.05) is 18.2 Å². The summed E-state index contributed by atoms with van der Waals surface area (Å²) in [5, 5.41) is 12.1. The van der Waals surface area contributed by atoms with E-state index in [9.17, 15) is 0 Å². The number of ether oxygens (including phenoxy) is 1. The van der Waals surface area contributed by atoms with Crippen molar-refractivity contribution >= 4 is 11.4 Å². The monoisotopic (exact) mass is 254 g/mol. The SMILES string of the molecule is COc1ccc(CNc2ccc(N)c(C#N)c2)cn1. The second-order valence-electron chi connectivity index (χ2n) is 3.98. The van der Waals surface area contributed by atoms with E-state index >= 15 is 0 Å². The van der Waals surface area contributed by atoms with E-state index in [1.165, 1.54) is 0 Å². The number of pyridine rings is 1. The standard InChI is InChI=1S/C14H14N4O/c1-19-14-5-2-10(9-18-14)8-17-12-3-4-13(16)11(6-12)7-15/h2-6,9,17H,8,16H2,1H3. The molecule has 2 rings (SSSR count). The number of nitrogens with one attached hydrogen (secondary N) is 1. The van der Waals surface area contributed by atoms with E-state index < -0.39 is 0 Å². The van der Waals surface area contributed by atoms with Gasteiger partial charge in [0.15, 0.2) is 0 Å². The third-order valence-corrected chi connectivity index (χ3v) is 2.68. The maximum absolute atomic E-state index is 8.90. The van der Waals surface area contributed by atoms with Crippen LogP contribution >= 0.6 is 0 Å². The third-order valence-electron chi connectivity index (χ3n) is 2.68. The lowest BCUT2D eigenvalue weighted by molar-refractivity contribution is 0.397. The van der Waals surface area contributed by atoms with Gasteiger partial charge in [0, 0.05) is 30.2 Å². The van der Waals surface area contributed by atoms with Gasteiger partial charge in [-0.15, -0.1) is 0 Å². The molecule has 0 bridgehead atoms. The molecule has 0 aliphatic rings. The lowest BCUT2D eigenvalue weighted by Gasteiger charge is -2.08. The maximum atomic E-state index is 8.90. The quantitative estimate of drug-likeness (QED) is 0.817. The summed E-state index contributed by atoms with van der Waals surface area (Å²) in [6, 6.07) is 11.1. The Morgan fingerprint density at radius 3 is 2.84 bits per heavy atom. The second kappa shape index (κ2) is 5.74. The highest BCUT2D eigenvalue weighted by Gasteiger charge is 2.01. The molecule has 0 atom stereocenters. The molecule has 0 saturated carbocycles. The summed E-state index contributed by atoms with van der Waals surface area (Å²) in [6.07, 6.45) is 1.74. The van der Waals surface area contributed by atoms with E-state index in [-0.39, 0.29) is 0 Å². The van der Waals surface area contributed by atoms with Crippen molar-refractivity contribution in [3.63, 3.8) is 0 Å². The van der Waals surface area contributed by atoms with Crippen molar-refractivity contribution in [3.05, 3.63) is 47.7 Å². The molecule has 19 heavy (non-hydrogen) atoms. The molecule has 0 fully saturated rings. The Kier molecular flexibility index (Phi) is 3.84. The Morgan fingerprint density at radius 2 is 2.21 bits per heavy atom. The summed E-state index contributed by atoms with van der Waals surface area (Å²) >= 11 is 0. The van der Waals surface area contributed by atoms with Crippen LogP contribution in [-0.2, 0) is 6.54 Å². The molecule has 1 heterocycles. The predicted molar refractivity (Wildman–Crippen MR) is 73.7 cm³/mol. The van der Waals surface area contributed by atoms with Gasteiger partial charge in [-0.25, -0.2) is 4.98 Å². The lowest BCUT2D eigenvalue weighted by atomic mass is 10.1. The molecule has 96 valence electrons. The number of rotatable bonds is 4. The van der Waals surface area contributed by atoms with Crippen molar-refractivity contribution < 1.29 is 4.74 Å². The number of aromatic nitrogens is 1. The topological polar surface area (TPSA) is 84.0 Å². The first-order valence-electron chi connectivity index (χ1n) is 5.75. The van der Waals surface area contributed by atoms with Gasteiger partial charge in [-0.3, -0.25) is 0 Å². The van der Waals surface area contributed by atoms with Crippen molar-refractivity contribution in [2.24, 2.45) is 0 Å². The molecule has 5 heteroatoms. The lowest BCUT2D eigenvalue weighted by Crippen LogP contribution is -2.01. The highest BCUT2D eigenvalue weighted by Crippen LogP contribution is 2.17. The van der Waals surface area contributed by atoms with E-state index in [1.54, 1.807) is 31.5 Å². The highest BCUT2D eigenvalue weighted by atomic mass is 16.5. The van der Waals surface area contributed by atoms with Crippen molar-refractivity contribution in [2.45, 2.75) is 6.54 Å². The summed E-state index contributed by atoms with van der Waals surface area (Å²) in [7, 11) is 1.58. The van der Waals surface area contributed by atoms with Crippen LogP contribution in [0.15, 0.2) is 36.5 Å². The van der Waals surface area contributed by atoms with E-state index in [0.29, 0.717) is 23.7 Å². The van der Waals surface area contributed by atoms with Gasteiger partial charge >= 0.3 is 0 Å². The molecule has 0 saturated heterocycles. The molecule has 0 aliphatic heterocycles. The van der Waals surface area contributed by atoms with Gasteiger partial charge < -0.3 is 15.8 Å². The maximum Gasteiger partial charge on any atom is 0.212 e. The van der Waals surface area contributed by atoms with Crippen LogP contribution in [0.2, 0.25) is 0 Å². The summed E-state index contributed by atoms with van der Waals surface area (Å²) in [6.45, 7) is 0.617. The second-order valence-corrected chi connectivity index (χ2v) is 3.98. The summed E-state index contributed by atoms with van der Waals surface area (Å²) in [5.74, 6) is 0.586. The highest BCUT2D eigenvalue weighted by molar-refractivity contribution is 5.61. The smallest absolute Gasteiger partial charge is 0.212 e. The molecule has 5 nitrogen and oxygen atoms in total. The van der Waals surface area contributed by atoms with Crippen LogP contribution in [0.3, 0.4) is 0 Å². The van der Waals surface area contributed by atoms with Crippen molar-refractivity contribution in [3.8, 4) is 11.9 Å². The molecule has 0 radical (unpaired) electrons. The molecule has 1 aromatic heterocycles. The van der Waals surface area contributed by atoms with E-state index in [0.717, 1.165) is 11.3 Å². The van der Waals surface area contributed by atoms with Gasteiger partial charge in [0.05, 0.1) is 12.7 Å². The van der Waals surface area contributed by atoms with Crippen LogP contribution in [0.25, 0.3) is 0 Å². The first-order chi connectivity index (χ1) is 9.22. The number of nitrogens with zero attached hydrogens (tertiary/aromatic N) is 2. The van der Waals surface area contributed by atoms with Gasteiger partial charge in [0.1, 0.15) is 6.07 Å². The molecule has 0 unspecified atom stereocenters. The minimum Gasteiger partial charge on any atom is -0.481 e. The summed E-state index contributed by atoms with van der Waals surface area (Å²) < 4.78 is 4.99. The fraction of sp³-hybridized carbons (Fsp3) is 0.143. The van der Waals surface area contributed by atoms with E-state index in [1.807, 2.05) is 12.1 Å². The Bertz CT molecular complexity index is 602. The Labute approximate surface area is 111 Å². The predicted octanol–water partition coefficient (Wildman–Crippen LogP) is 2.16. The molecule has 0 aliphatic carbocycles. The molecule has 0 amide bonds. The normalized spacial score (nSPS) is 9.68. The Morgan fingerprint density at radius 1 is 1.37 bits per heavy atom. The average Bonchev–Trinajstić information content (AvgIpc) is 2.47. The largest absolute Gasteiger partial charge is 0.481 e. The molecule has 1 aromatic carbocycles. The van der Waals surface area contributed by atoms with Crippen LogP contribution in [0.1, 0.15) is 11.1 Å². The van der Waals surface area contributed by atoms with Gasteiger partial charge in [0.2, 0.25) is 5.88 Å². The summed E-state index contributed by atoms with van der Waals surface area (Å²) in [4.78, 5) is 4.12. The molecule has 3 N–H and O–H groups in total. The Balaban J connectivity index is 2.04. The number of nitriles is 1. The minimum absolute atomic E-state index is 0.470. The fourth-order valence-electron chi connectivity index (χ4n) is 1.60. The minimum atomic E-state index is 0.470. The molecule has 2 aromatic rings. The zero-order valence-electron chi connectivity index (χ0n) is 10.6. The zero-order chi connectivity index (χ0) is 13.7. The summed E-state index contributed by atoms with van der Waals surface area (Å²) in [5.41, 5.74) is 8.49. The van der Waals surface area contributed by atoms with Crippen LogP contribution in [0.5, 0.6) is 5.88 Å². The molecular weight excluding hydrogens is 240 g/mol. The first-order valence-corrected chi connectivity index (χ1v) is 5.75. The first kappa shape index (κ1) is 12.7. The number of methoxy groups -OCH3 is 1. The number of nitrogen functional groups attached to an aromatic ring is 1. The van der Waals surface area contributed by atoms with Crippen LogP contribution in [-0.4, -0.2) is 12.1 Å². The van der Waals surface area contributed by atoms with Gasteiger partial charge in [-0.05, 0) is 23.8 Å². The number of hydrogen-bond acceptors (Lipinski definition) is 5. The van der Waals surface area contributed by atoms with Gasteiger partial charge in [0.25, 0.3) is 0 Å². The number of nitrogens with two attached hydrogens (primary N) is 1. The van der Waals surface area contributed by atoms with Crippen molar-refractivity contribution in [1.29, 1.82) is 5.26 Å². The van der Waals surface area contributed by atoms with Gasteiger partial charge in [-0.1, -0.05) is 6.07 Å². The molecule has 0 spiro atoms. The van der Waals surface area contributed by atoms with Crippen LogP contribution in [0.4, 0.5) is 11.4 Å². The van der Waals surface area contributed by atoms with Crippen molar-refractivity contribution in [1.82, 2.24) is 4.98 Å². The Hall–Kier alpha value is -2.74. The zero-order valence-corrected chi connectivity index (χ0v) is 10.6. The average molecular weight is 254 g/mol. The fourth-order valence-corrected chi connectivity index (χ4v) is 1.60. The van der Waals surface area contributed by atoms with Crippen LogP contribution < -0.4 is 15.8 Å². The van der Waals surface area contributed by atoms with Gasteiger partial charge in [-0.2, -0.15) is 5.26 Å². The number of anilines is 2.